The number of allylic oxidation sites excluding steroid dienone is 2. The number of methoxy groups -OCH3 is 1. The molecule has 4 atom stereocenters. The Balaban J connectivity index is 1.42. The summed E-state index contributed by atoms with van der Waals surface area (Å²) in [6.07, 6.45) is 9.61. The molecule has 2 fully saturated rings. The fourth-order valence-electron chi connectivity index (χ4n) is 7.33. The monoisotopic (exact) mass is 700 g/mol. The van der Waals surface area contributed by atoms with Crippen molar-refractivity contribution in [3.63, 3.8) is 0 Å². The molecule has 0 unspecified atom stereocenters. The first-order valence-corrected chi connectivity index (χ1v) is 16.4. The topological polar surface area (TPSA) is 120 Å². The van der Waals surface area contributed by atoms with Crippen molar-refractivity contribution in [3.05, 3.63) is 62.5 Å². The Bertz CT molecular complexity index is 1400. The van der Waals surface area contributed by atoms with Crippen molar-refractivity contribution >= 4 is 46.1 Å². The zero-order valence-electron chi connectivity index (χ0n) is 24.8. The number of amides is 2. The van der Waals surface area contributed by atoms with Crippen LogP contribution < -0.4 is 4.74 Å². The van der Waals surface area contributed by atoms with E-state index in [1.54, 1.807) is 12.3 Å². The Morgan fingerprint density at radius 1 is 1.19 bits per heavy atom. The fraction of sp³-hybridized carbons (Fsp3) is 0.500. The van der Waals surface area contributed by atoms with Gasteiger partial charge in [-0.05, 0) is 108 Å². The molecule has 3 aliphatic rings. The molecule has 2 amide bonds. The third-order valence-electron chi connectivity index (χ3n) is 9.43. The van der Waals surface area contributed by atoms with Gasteiger partial charge in [-0.15, -0.1) is 0 Å². The predicted octanol–water partition coefficient (Wildman–Crippen LogP) is 5.73. The summed E-state index contributed by atoms with van der Waals surface area (Å²) < 4.78 is 6.01. The lowest BCUT2D eigenvalue weighted by molar-refractivity contribution is -0.143. The number of benzene rings is 1. The highest BCUT2D eigenvalue weighted by atomic mass is 127. The van der Waals surface area contributed by atoms with E-state index in [1.165, 1.54) is 12.0 Å². The number of aliphatic hydroxyl groups excluding tert-OH is 2. The number of imide groups is 1. The van der Waals surface area contributed by atoms with Crippen LogP contribution in [0.3, 0.4) is 0 Å². The van der Waals surface area contributed by atoms with E-state index in [2.05, 4.69) is 27.6 Å². The number of likely N-dealkylation sites (tertiary alicyclic amines) is 1. The normalized spacial score (nSPS) is 24.0. The van der Waals surface area contributed by atoms with Gasteiger partial charge in [0.2, 0.25) is 11.8 Å². The molecule has 1 saturated carbocycles. The summed E-state index contributed by atoms with van der Waals surface area (Å²) in [5.41, 5.74) is 4.18. The molecule has 2 aromatic rings. The van der Waals surface area contributed by atoms with Gasteiger partial charge in [-0.2, -0.15) is 0 Å². The van der Waals surface area contributed by atoms with E-state index in [9.17, 15) is 24.9 Å². The number of fused-ring (bicyclic) bond motifs is 1. The Morgan fingerprint density at radius 3 is 2.60 bits per heavy atom. The maximum atomic E-state index is 13.8. The van der Waals surface area contributed by atoms with E-state index in [-0.39, 0.29) is 30.2 Å². The third-order valence-corrected chi connectivity index (χ3v) is 10.3. The quantitative estimate of drug-likeness (QED) is 0.165. The molecule has 43 heavy (non-hydrogen) atoms. The lowest BCUT2D eigenvalue weighted by atomic mass is 9.67. The van der Waals surface area contributed by atoms with E-state index in [0.29, 0.717) is 35.0 Å². The van der Waals surface area contributed by atoms with E-state index < -0.39 is 23.9 Å². The molecule has 5 rings (SSSR count). The highest BCUT2D eigenvalue weighted by Gasteiger charge is 2.56. The van der Waals surface area contributed by atoms with E-state index in [0.717, 1.165) is 60.1 Å². The van der Waals surface area contributed by atoms with Crippen molar-refractivity contribution in [1.29, 1.82) is 0 Å². The highest BCUT2D eigenvalue weighted by Crippen LogP contribution is 2.48. The van der Waals surface area contributed by atoms with Crippen LogP contribution >= 0.6 is 22.6 Å². The summed E-state index contributed by atoms with van der Waals surface area (Å²) in [5, 5.41) is 32.7. The van der Waals surface area contributed by atoms with Gasteiger partial charge in [-0.25, -0.2) is 0 Å². The SMILES string of the molecule is CCC1=C([C@H](O)CC/C(=C/c2cc(I)c(O)c(OC)c2)c2ccccn2)[C@H](CO)[C@@H]2C(=O)N(C3CCCCC3)C(=O)[C@@H]2C1. The maximum absolute atomic E-state index is 13.8. The van der Waals surface area contributed by atoms with Crippen molar-refractivity contribution in [2.45, 2.75) is 76.9 Å². The number of rotatable bonds is 10. The Labute approximate surface area is 267 Å². The number of ether oxygens (including phenoxy) is 1. The number of aliphatic hydroxyl groups is 2. The minimum Gasteiger partial charge on any atom is -0.504 e. The van der Waals surface area contributed by atoms with Crippen molar-refractivity contribution in [1.82, 2.24) is 9.88 Å². The van der Waals surface area contributed by atoms with Gasteiger partial charge in [0.25, 0.3) is 0 Å². The number of phenolic OH excluding ortho intramolecular Hbond substituents is 1. The van der Waals surface area contributed by atoms with Crippen LogP contribution in [0.2, 0.25) is 0 Å². The van der Waals surface area contributed by atoms with Gasteiger partial charge in [-0.1, -0.05) is 37.8 Å². The van der Waals surface area contributed by atoms with Crippen molar-refractivity contribution in [3.8, 4) is 11.5 Å². The summed E-state index contributed by atoms with van der Waals surface area (Å²) >= 11 is 2.07. The minimum atomic E-state index is -0.888. The van der Waals surface area contributed by atoms with Crippen LogP contribution in [-0.2, 0) is 9.59 Å². The average molecular weight is 701 g/mol. The summed E-state index contributed by atoms with van der Waals surface area (Å²) in [6, 6.07) is 9.25. The summed E-state index contributed by atoms with van der Waals surface area (Å²) in [4.78, 5) is 33.4. The van der Waals surface area contributed by atoms with Gasteiger partial charge >= 0.3 is 0 Å². The number of hydrogen-bond donors (Lipinski definition) is 3. The van der Waals surface area contributed by atoms with Gasteiger partial charge in [-0.3, -0.25) is 19.5 Å². The molecule has 1 saturated heterocycles. The molecular weight excluding hydrogens is 659 g/mol. The molecule has 1 aromatic heterocycles. The number of hydrogen-bond acceptors (Lipinski definition) is 7. The van der Waals surface area contributed by atoms with Gasteiger partial charge in [0.1, 0.15) is 0 Å². The highest BCUT2D eigenvalue weighted by molar-refractivity contribution is 14.1. The lowest BCUT2D eigenvalue weighted by Gasteiger charge is -2.36. The first-order chi connectivity index (χ1) is 20.8. The first-order valence-electron chi connectivity index (χ1n) is 15.3. The Hall–Kier alpha value is -2.76. The molecule has 2 heterocycles. The number of pyridine rings is 1. The predicted molar refractivity (Wildman–Crippen MR) is 173 cm³/mol. The molecular formula is C34H41IN2O6. The van der Waals surface area contributed by atoms with Crippen LogP contribution in [0.5, 0.6) is 11.5 Å². The van der Waals surface area contributed by atoms with E-state index in [1.807, 2.05) is 37.3 Å². The molecule has 230 valence electrons. The molecule has 8 nitrogen and oxygen atoms in total. The molecule has 0 bridgehead atoms. The van der Waals surface area contributed by atoms with Gasteiger partial charge in [0.05, 0.1) is 40.9 Å². The van der Waals surface area contributed by atoms with Crippen LogP contribution in [0, 0.1) is 21.3 Å². The average Bonchev–Trinajstić information content (AvgIpc) is 3.29. The zero-order chi connectivity index (χ0) is 30.7. The second-order valence-electron chi connectivity index (χ2n) is 11.9. The standard InChI is InChI=1S/C34H41IN2O6/c1-3-21-18-24-31(34(42)37(33(24)41)23-9-5-4-6-10-23)25(19-38)30(21)28(39)13-12-22(27-11-7-8-14-36-27)15-20-16-26(35)32(40)29(17-20)43-2/h7-8,11,14-17,23-25,28,31,38-40H,3-6,9-10,12-13,18-19H2,1-2H3/b22-15-/t24-,25+,28-,31-/m1/s1. The molecule has 1 aliphatic heterocycles. The smallest absolute Gasteiger partial charge is 0.234 e. The number of phenols is 1. The number of aromatic nitrogens is 1. The Kier molecular flexibility index (Phi) is 10.2. The number of carbonyl (C=O) groups excluding carboxylic acids is 2. The van der Waals surface area contributed by atoms with Crippen molar-refractivity contribution < 1.29 is 29.6 Å². The van der Waals surface area contributed by atoms with Gasteiger partial charge in [0.15, 0.2) is 11.5 Å². The van der Waals surface area contributed by atoms with E-state index >= 15 is 0 Å². The van der Waals surface area contributed by atoms with Crippen LogP contribution in [-0.4, -0.2) is 62.9 Å². The van der Waals surface area contributed by atoms with Crippen molar-refractivity contribution in [2.24, 2.45) is 17.8 Å². The number of halogens is 1. The minimum absolute atomic E-state index is 0.0511. The van der Waals surface area contributed by atoms with Gasteiger partial charge in [0, 0.05) is 18.2 Å². The second kappa shape index (κ2) is 13.9. The molecule has 1 aromatic carbocycles. The maximum Gasteiger partial charge on any atom is 0.234 e. The first kappa shape index (κ1) is 31.7. The van der Waals surface area contributed by atoms with Gasteiger partial charge < -0.3 is 20.1 Å². The lowest BCUT2D eigenvalue weighted by Crippen LogP contribution is -2.42. The largest absolute Gasteiger partial charge is 0.504 e. The molecule has 0 radical (unpaired) electrons. The van der Waals surface area contributed by atoms with E-state index in [4.69, 9.17) is 4.74 Å². The van der Waals surface area contributed by atoms with Crippen LogP contribution in [0.4, 0.5) is 0 Å². The number of aromatic hydroxyl groups is 1. The van der Waals surface area contributed by atoms with Crippen LogP contribution in [0.1, 0.15) is 76.0 Å². The second-order valence-corrected chi connectivity index (χ2v) is 13.0. The summed E-state index contributed by atoms with van der Waals surface area (Å²) in [6.45, 7) is 1.72. The fourth-order valence-corrected chi connectivity index (χ4v) is 7.96. The number of nitrogens with zero attached hydrogens (tertiary/aromatic N) is 2. The Morgan fingerprint density at radius 2 is 1.95 bits per heavy atom. The number of carbonyl (C=O) groups is 2. The zero-order valence-corrected chi connectivity index (χ0v) is 27.0. The van der Waals surface area contributed by atoms with Crippen LogP contribution in [0.25, 0.3) is 11.6 Å². The molecule has 3 N–H and O–H groups in total. The molecule has 0 spiro atoms. The summed E-state index contributed by atoms with van der Waals surface area (Å²) in [5.74, 6) is -1.49. The molecule has 9 heteroatoms. The third kappa shape index (κ3) is 6.40. The molecule has 2 aliphatic carbocycles. The van der Waals surface area contributed by atoms with Crippen molar-refractivity contribution in [2.75, 3.05) is 13.7 Å². The van der Waals surface area contributed by atoms with Crippen LogP contribution in [0.15, 0.2) is 47.7 Å². The summed E-state index contributed by atoms with van der Waals surface area (Å²) in [7, 11) is 1.51.